The molecule has 2 N–H and O–H groups in total. The standard InChI is InChI=1S/C21H27N3O2/c25-20-11-5-4-10-19(20)24-16-14-23(15-17-24)13-7-6-12-22-21(26)18-8-2-1-3-9-18/h1-5,8-11,25H,6-7,12-17H2,(H,22,26). The van der Waals surface area contributed by atoms with Crippen molar-refractivity contribution in [2.75, 3.05) is 44.2 Å². The molecule has 1 heterocycles. The van der Waals surface area contributed by atoms with Gasteiger partial charge in [-0.05, 0) is 43.7 Å². The average molecular weight is 353 g/mol. The van der Waals surface area contributed by atoms with Gasteiger partial charge in [0, 0.05) is 38.3 Å². The van der Waals surface area contributed by atoms with Crippen LogP contribution in [0.4, 0.5) is 5.69 Å². The molecule has 2 aromatic carbocycles. The van der Waals surface area contributed by atoms with Gasteiger partial charge < -0.3 is 15.3 Å². The Balaban J connectivity index is 1.31. The second kappa shape index (κ2) is 9.25. The van der Waals surface area contributed by atoms with Gasteiger partial charge in [-0.25, -0.2) is 0 Å². The lowest BCUT2D eigenvalue weighted by molar-refractivity contribution is 0.0952. The molecular formula is C21H27N3O2. The van der Waals surface area contributed by atoms with Gasteiger partial charge in [0.2, 0.25) is 0 Å². The monoisotopic (exact) mass is 353 g/mol. The molecule has 0 saturated carbocycles. The molecule has 0 bridgehead atoms. The van der Waals surface area contributed by atoms with E-state index in [2.05, 4.69) is 15.1 Å². The third-order valence-corrected chi connectivity index (χ3v) is 4.82. The minimum absolute atomic E-state index is 0.00174. The van der Waals surface area contributed by atoms with Crippen molar-refractivity contribution in [3.8, 4) is 5.75 Å². The van der Waals surface area contributed by atoms with Crippen molar-refractivity contribution in [3.05, 3.63) is 60.2 Å². The minimum Gasteiger partial charge on any atom is -0.506 e. The number of amides is 1. The Morgan fingerprint density at radius 2 is 1.62 bits per heavy atom. The van der Waals surface area contributed by atoms with Crippen LogP contribution in [0.5, 0.6) is 5.75 Å². The molecule has 0 spiro atoms. The molecule has 26 heavy (non-hydrogen) atoms. The number of carbonyl (C=O) groups excluding carboxylic acids is 1. The third kappa shape index (κ3) is 4.99. The van der Waals surface area contributed by atoms with E-state index in [-0.39, 0.29) is 5.91 Å². The van der Waals surface area contributed by atoms with E-state index in [4.69, 9.17) is 0 Å². The first-order chi connectivity index (χ1) is 12.7. The lowest BCUT2D eigenvalue weighted by Gasteiger charge is -2.36. The second-order valence-electron chi connectivity index (χ2n) is 6.65. The van der Waals surface area contributed by atoms with Crippen LogP contribution >= 0.6 is 0 Å². The summed E-state index contributed by atoms with van der Waals surface area (Å²) < 4.78 is 0. The number of unbranched alkanes of at least 4 members (excludes halogenated alkanes) is 1. The summed E-state index contributed by atoms with van der Waals surface area (Å²) in [5, 5.41) is 12.9. The summed E-state index contributed by atoms with van der Waals surface area (Å²) in [5.41, 5.74) is 1.64. The number of nitrogens with one attached hydrogen (secondary N) is 1. The largest absolute Gasteiger partial charge is 0.506 e. The molecule has 0 unspecified atom stereocenters. The number of carbonyl (C=O) groups is 1. The Labute approximate surface area is 155 Å². The first kappa shape index (κ1) is 18.3. The number of anilines is 1. The molecule has 0 atom stereocenters. The normalized spacial score (nSPS) is 15.0. The number of hydrogen-bond donors (Lipinski definition) is 2. The number of nitrogens with zero attached hydrogens (tertiary/aromatic N) is 2. The molecule has 1 amide bonds. The molecule has 5 heteroatoms. The van der Waals surface area contributed by atoms with Crippen molar-refractivity contribution in [1.82, 2.24) is 10.2 Å². The van der Waals surface area contributed by atoms with Crippen LogP contribution in [0.3, 0.4) is 0 Å². The van der Waals surface area contributed by atoms with E-state index in [1.165, 1.54) is 0 Å². The SMILES string of the molecule is O=C(NCCCCN1CCN(c2ccccc2O)CC1)c1ccccc1. The molecule has 138 valence electrons. The summed E-state index contributed by atoms with van der Waals surface area (Å²) in [6.45, 7) is 5.64. The fourth-order valence-electron chi connectivity index (χ4n) is 3.30. The van der Waals surface area contributed by atoms with Gasteiger partial charge in [0.05, 0.1) is 5.69 Å². The number of phenols is 1. The predicted octanol–water partition coefficient (Wildman–Crippen LogP) is 2.72. The number of aromatic hydroxyl groups is 1. The zero-order valence-corrected chi connectivity index (χ0v) is 15.1. The lowest BCUT2D eigenvalue weighted by Crippen LogP contribution is -2.46. The number of benzene rings is 2. The Morgan fingerprint density at radius 3 is 2.35 bits per heavy atom. The summed E-state index contributed by atoms with van der Waals surface area (Å²) in [5.74, 6) is 0.358. The fraction of sp³-hybridized carbons (Fsp3) is 0.381. The number of piperazine rings is 1. The molecule has 2 aromatic rings. The van der Waals surface area contributed by atoms with Gasteiger partial charge in [-0.1, -0.05) is 30.3 Å². The van der Waals surface area contributed by atoms with E-state index in [9.17, 15) is 9.90 Å². The summed E-state index contributed by atoms with van der Waals surface area (Å²) >= 11 is 0. The maximum Gasteiger partial charge on any atom is 0.251 e. The Morgan fingerprint density at radius 1 is 0.923 bits per heavy atom. The fourth-order valence-corrected chi connectivity index (χ4v) is 3.30. The van der Waals surface area contributed by atoms with Crippen LogP contribution in [0.2, 0.25) is 0 Å². The maximum absolute atomic E-state index is 12.0. The summed E-state index contributed by atoms with van der Waals surface area (Å²) in [6, 6.07) is 16.9. The Bertz CT molecular complexity index is 697. The van der Waals surface area contributed by atoms with Gasteiger partial charge in [0.1, 0.15) is 5.75 Å². The summed E-state index contributed by atoms with van der Waals surface area (Å²) in [7, 11) is 0. The molecule has 0 aliphatic carbocycles. The highest BCUT2D eigenvalue weighted by Gasteiger charge is 2.18. The van der Waals surface area contributed by atoms with Gasteiger partial charge in [0.15, 0.2) is 0 Å². The molecular weight excluding hydrogens is 326 g/mol. The van der Waals surface area contributed by atoms with Crippen LogP contribution in [-0.2, 0) is 0 Å². The van der Waals surface area contributed by atoms with Gasteiger partial charge in [0.25, 0.3) is 5.91 Å². The first-order valence-corrected chi connectivity index (χ1v) is 9.32. The molecule has 1 fully saturated rings. The minimum atomic E-state index is 0.00174. The highest BCUT2D eigenvalue weighted by atomic mass is 16.3. The second-order valence-corrected chi connectivity index (χ2v) is 6.65. The molecule has 1 aliphatic rings. The van der Waals surface area contributed by atoms with Crippen LogP contribution < -0.4 is 10.2 Å². The van der Waals surface area contributed by atoms with Crippen LogP contribution in [0, 0.1) is 0 Å². The number of rotatable bonds is 7. The lowest BCUT2D eigenvalue weighted by atomic mass is 10.2. The molecule has 0 aromatic heterocycles. The summed E-state index contributed by atoms with van der Waals surface area (Å²) in [4.78, 5) is 16.7. The van der Waals surface area contributed by atoms with E-state index < -0.39 is 0 Å². The number of para-hydroxylation sites is 2. The van der Waals surface area contributed by atoms with E-state index >= 15 is 0 Å². The van der Waals surface area contributed by atoms with E-state index in [0.717, 1.165) is 51.3 Å². The first-order valence-electron chi connectivity index (χ1n) is 9.32. The van der Waals surface area contributed by atoms with Crippen molar-refractivity contribution < 1.29 is 9.90 Å². The molecule has 5 nitrogen and oxygen atoms in total. The highest BCUT2D eigenvalue weighted by Crippen LogP contribution is 2.27. The van der Waals surface area contributed by atoms with Crippen molar-refractivity contribution in [1.29, 1.82) is 0 Å². The van der Waals surface area contributed by atoms with Crippen LogP contribution in [0.1, 0.15) is 23.2 Å². The molecule has 1 aliphatic heterocycles. The highest BCUT2D eigenvalue weighted by molar-refractivity contribution is 5.94. The Hall–Kier alpha value is -2.53. The number of hydrogen-bond acceptors (Lipinski definition) is 4. The number of phenolic OH excluding ortho intramolecular Hbond substituents is 1. The van der Waals surface area contributed by atoms with Gasteiger partial charge in [-0.3, -0.25) is 9.69 Å². The molecule has 0 radical (unpaired) electrons. The zero-order chi connectivity index (χ0) is 18.2. The van der Waals surface area contributed by atoms with Crippen molar-refractivity contribution in [3.63, 3.8) is 0 Å². The Kier molecular flexibility index (Phi) is 6.50. The predicted molar refractivity (Wildman–Crippen MR) is 105 cm³/mol. The van der Waals surface area contributed by atoms with Crippen molar-refractivity contribution in [2.45, 2.75) is 12.8 Å². The van der Waals surface area contributed by atoms with Crippen LogP contribution in [0.15, 0.2) is 54.6 Å². The van der Waals surface area contributed by atoms with Gasteiger partial charge >= 0.3 is 0 Å². The van der Waals surface area contributed by atoms with Crippen molar-refractivity contribution in [2.24, 2.45) is 0 Å². The third-order valence-electron chi connectivity index (χ3n) is 4.82. The zero-order valence-electron chi connectivity index (χ0n) is 15.1. The van der Waals surface area contributed by atoms with Crippen LogP contribution in [-0.4, -0.2) is 55.2 Å². The summed E-state index contributed by atoms with van der Waals surface area (Å²) in [6.07, 6.45) is 2.06. The molecule has 3 rings (SSSR count). The molecule has 1 saturated heterocycles. The van der Waals surface area contributed by atoms with E-state index in [1.54, 1.807) is 6.07 Å². The van der Waals surface area contributed by atoms with Crippen molar-refractivity contribution >= 4 is 11.6 Å². The van der Waals surface area contributed by atoms with E-state index in [0.29, 0.717) is 17.9 Å². The van der Waals surface area contributed by atoms with Gasteiger partial charge in [-0.15, -0.1) is 0 Å². The smallest absolute Gasteiger partial charge is 0.251 e. The quantitative estimate of drug-likeness (QED) is 0.752. The van der Waals surface area contributed by atoms with Crippen LogP contribution in [0.25, 0.3) is 0 Å². The topological polar surface area (TPSA) is 55.8 Å². The van der Waals surface area contributed by atoms with Gasteiger partial charge in [-0.2, -0.15) is 0 Å². The average Bonchev–Trinajstić information content (AvgIpc) is 2.69. The van der Waals surface area contributed by atoms with E-state index in [1.807, 2.05) is 48.5 Å². The maximum atomic E-state index is 12.0.